The van der Waals surface area contributed by atoms with E-state index in [4.69, 9.17) is 0 Å². The molecule has 0 saturated heterocycles. The van der Waals surface area contributed by atoms with Crippen molar-refractivity contribution in [2.75, 3.05) is 0 Å². The van der Waals surface area contributed by atoms with E-state index in [1.54, 1.807) is 0 Å². The van der Waals surface area contributed by atoms with Gasteiger partial charge in [-0.2, -0.15) is 0 Å². The summed E-state index contributed by atoms with van der Waals surface area (Å²) >= 11 is 0. The predicted molar refractivity (Wildman–Crippen MR) is 93.4 cm³/mol. The zero-order valence-corrected chi connectivity index (χ0v) is 14.6. The average Bonchev–Trinajstić information content (AvgIpc) is 2.41. The first-order valence-corrected chi connectivity index (χ1v) is 8.00. The van der Waals surface area contributed by atoms with Gasteiger partial charge < -0.3 is 0 Å². The van der Waals surface area contributed by atoms with Crippen LogP contribution < -0.4 is 0 Å². The van der Waals surface area contributed by atoms with Crippen LogP contribution in [-0.4, -0.2) is 0 Å². The fourth-order valence-electron chi connectivity index (χ4n) is 3.48. The lowest BCUT2D eigenvalue weighted by Gasteiger charge is -2.23. The lowest BCUT2D eigenvalue weighted by atomic mass is 9.81. The maximum absolute atomic E-state index is 2.38. The maximum atomic E-state index is 2.38. The zero-order valence-electron chi connectivity index (χ0n) is 14.6. The van der Waals surface area contributed by atoms with Crippen molar-refractivity contribution in [3.05, 3.63) is 68.8 Å². The van der Waals surface area contributed by atoms with Crippen molar-refractivity contribution in [1.82, 2.24) is 0 Å². The van der Waals surface area contributed by atoms with Crippen molar-refractivity contribution >= 4 is 0 Å². The molecule has 0 bridgehead atoms. The van der Waals surface area contributed by atoms with E-state index >= 15 is 0 Å². The molecule has 0 saturated carbocycles. The number of hydrogen-bond donors (Lipinski definition) is 0. The van der Waals surface area contributed by atoms with Crippen LogP contribution in [0.2, 0.25) is 0 Å². The van der Waals surface area contributed by atoms with E-state index in [1.807, 2.05) is 0 Å². The van der Waals surface area contributed by atoms with E-state index in [9.17, 15) is 0 Å². The highest BCUT2D eigenvalue weighted by molar-refractivity contribution is 5.48. The van der Waals surface area contributed by atoms with Gasteiger partial charge >= 0.3 is 0 Å². The average molecular weight is 280 g/mol. The Hall–Kier alpha value is -1.56. The Bertz CT molecular complexity index is 605. The third-order valence-corrected chi connectivity index (χ3v) is 4.86. The number of aryl methyl sites for hydroxylation is 4. The van der Waals surface area contributed by atoms with Crippen LogP contribution >= 0.6 is 0 Å². The van der Waals surface area contributed by atoms with Gasteiger partial charge in [-0.1, -0.05) is 42.3 Å². The molecule has 0 nitrogen and oxygen atoms in total. The Labute approximate surface area is 130 Å². The maximum Gasteiger partial charge on any atom is 0.00923 e. The normalized spacial score (nSPS) is 11.2. The number of hydrogen-bond acceptors (Lipinski definition) is 0. The molecule has 2 aromatic carbocycles. The van der Waals surface area contributed by atoms with Crippen LogP contribution in [0.1, 0.15) is 63.8 Å². The van der Waals surface area contributed by atoms with E-state index in [0.717, 1.165) is 6.42 Å². The third kappa shape index (κ3) is 3.05. The summed E-state index contributed by atoms with van der Waals surface area (Å²) in [5.74, 6) is 0.502. The molecule has 0 heterocycles. The van der Waals surface area contributed by atoms with Crippen LogP contribution in [0.3, 0.4) is 0 Å². The molecule has 0 unspecified atom stereocenters. The molecule has 112 valence electrons. The van der Waals surface area contributed by atoms with Crippen molar-refractivity contribution in [2.45, 2.75) is 60.8 Å². The second-order valence-electron chi connectivity index (χ2n) is 6.55. The largest absolute Gasteiger partial charge is 0.0645 e. The molecule has 0 spiro atoms. The Kier molecular flexibility index (Phi) is 4.56. The Balaban J connectivity index is 2.66. The van der Waals surface area contributed by atoms with Crippen molar-refractivity contribution in [1.29, 1.82) is 0 Å². The zero-order chi connectivity index (χ0) is 15.7. The van der Waals surface area contributed by atoms with Crippen molar-refractivity contribution in [2.24, 2.45) is 0 Å². The molecular formula is C21H28. The van der Waals surface area contributed by atoms with E-state index in [0.29, 0.717) is 5.92 Å². The second kappa shape index (κ2) is 6.05. The van der Waals surface area contributed by atoms with E-state index in [2.05, 4.69) is 72.7 Å². The van der Waals surface area contributed by atoms with Gasteiger partial charge in [-0.3, -0.25) is 0 Å². The van der Waals surface area contributed by atoms with Gasteiger partial charge in [-0.05, 0) is 81.3 Å². The Morgan fingerprint density at radius 1 is 0.667 bits per heavy atom. The molecule has 0 heteroatoms. The predicted octanol–water partition coefficient (Wildman–Crippen LogP) is 6.08. The van der Waals surface area contributed by atoms with Crippen LogP contribution in [0.25, 0.3) is 0 Å². The van der Waals surface area contributed by atoms with Gasteiger partial charge in [0.2, 0.25) is 0 Å². The van der Waals surface area contributed by atoms with Gasteiger partial charge in [-0.15, -0.1) is 0 Å². The van der Waals surface area contributed by atoms with E-state index in [1.165, 1.54) is 44.5 Å². The van der Waals surface area contributed by atoms with E-state index in [-0.39, 0.29) is 0 Å². The first kappa shape index (κ1) is 15.8. The molecule has 0 aliphatic rings. The van der Waals surface area contributed by atoms with E-state index < -0.39 is 0 Å². The summed E-state index contributed by atoms with van der Waals surface area (Å²) in [5, 5.41) is 0. The molecule has 21 heavy (non-hydrogen) atoms. The van der Waals surface area contributed by atoms with Gasteiger partial charge in [0.15, 0.2) is 0 Å². The SMILES string of the molecule is CCC(c1cc(C)cc(C)c1C)c1cc(C)cc(C)c1C. The monoisotopic (exact) mass is 280 g/mol. The van der Waals surface area contributed by atoms with Crippen LogP contribution in [0, 0.1) is 41.5 Å². The van der Waals surface area contributed by atoms with Gasteiger partial charge in [0, 0.05) is 5.92 Å². The van der Waals surface area contributed by atoms with Crippen LogP contribution in [0.4, 0.5) is 0 Å². The highest BCUT2D eigenvalue weighted by Crippen LogP contribution is 2.35. The fourth-order valence-corrected chi connectivity index (χ4v) is 3.48. The lowest BCUT2D eigenvalue weighted by molar-refractivity contribution is 0.760. The molecule has 0 radical (unpaired) electrons. The van der Waals surface area contributed by atoms with Crippen molar-refractivity contribution < 1.29 is 0 Å². The second-order valence-corrected chi connectivity index (χ2v) is 6.55. The molecule has 2 aromatic rings. The number of rotatable bonds is 3. The van der Waals surface area contributed by atoms with Crippen molar-refractivity contribution in [3.63, 3.8) is 0 Å². The smallest absolute Gasteiger partial charge is 0.00923 e. The topological polar surface area (TPSA) is 0 Å². The first-order valence-electron chi connectivity index (χ1n) is 8.00. The quantitative estimate of drug-likeness (QED) is 0.639. The lowest BCUT2D eigenvalue weighted by Crippen LogP contribution is -2.07. The van der Waals surface area contributed by atoms with Gasteiger partial charge in [0.1, 0.15) is 0 Å². The molecule has 0 amide bonds. The Morgan fingerprint density at radius 3 is 1.38 bits per heavy atom. The molecule has 0 aliphatic carbocycles. The molecular weight excluding hydrogens is 252 g/mol. The summed E-state index contributed by atoms with van der Waals surface area (Å²) in [6, 6.07) is 9.35. The van der Waals surface area contributed by atoms with Crippen LogP contribution in [0.5, 0.6) is 0 Å². The molecule has 0 atom stereocenters. The van der Waals surface area contributed by atoms with Crippen LogP contribution in [-0.2, 0) is 0 Å². The van der Waals surface area contributed by atoms with Gasteiger partial charge in [-0.25, -0.2) is 0 Å². The minimum atomic E-state index is 0.502. The van der Waals surface area contributed by atoms with Gasteiger partial charge in [0.05, 0.1) is 0 Å². The molecule has 0 fully saturated rings. The standard InChI is InChI=1S/C21H28/c1-8-19(20-11-13(2)9-15(4)17(20)6)21-12-14(3)10-16(5)18(21)7/h9-12,19H,8H2,1-7H3. The fraction of sp³-hybridized carbons (Fsp3) is 0.429. The highest BCUT2D eigenvalue weighted by Gasteiger charge is 2.18. The summed E-state index contributed by atoms with van der Waals surface area (Å²) in [7, 11) is 0. The molecule has 0 aromatic heterocycles. The first-order chi connectivity index (χ1) is 9.85. The summed E-state index contributed by atoms with van der Waals surface area (Å²) in [6.07, 6.45) is 1.15. The summed E-state index contributed by atoms with van der Waals surface area (Å²) < 4.78 is 0. The number of benzene rings is 2. The highest BCUT2D eigenvalue weighted by atomic mass is 14.2. The minimum Gasteiger partial charge on any atom is -0.0645 e. The Morgan fingerprint density at radius 2 is 1.05 bits per heavy atom. The van der Waals surface area contributed by atoms with Gasteiger partial charge in [0.25, 0.3) is 0 Å². The third-order valence-electron chi connectivity index (χ3n) is 4.86. The van der Waals surface area contributed by atoms with Crippen LogP contribution in [0.15, 0.2) is 24.3 Å². The molecule has 0 N–H and O–H groups in total. The summed E-state index contributed by atoms with van der Waals surface area (Å²) in [5.41, 5.74) is 11.5. The summed E-state index contributed by atoms with van der Waals surface area (Å²) in [6.45, 7) is 15.7. The summed E-state index contributed by atoms with van der Waals surface area (Å²) in [4.78, 5) is 0. The van der Waals surface area contributed by atoms with Crippen molar-refractivity contribution in [3.8, 4) is 0 Å². The molecule has 0 aliphatic heterocycles. The minimum absolute atomic E-state index is 0.502. The molecule has 2 rings (SSSR count).